The number of carbonyl (C=O) groups is 1. The molecule has 2 aliphatic heterocycles. The van der Waals surface area contributed by atoms with Crippen LogP contribution in [0.25, 0.3) is 0 Å². The summed E-state index contributed by atoms with van der Waals surface area (Å²) in [7, 11) is -3.77. The van der Waals surface area contributed by atoms with E-state index < -0.39 is 28.3 Å². The lowest BCUT2D eigenvalue weighted by molar-refractivity contribution is -0.136. The highest BCUT2D eigenvalue weighted by molar-refractivity contribution is 7.89. The Balaban J connectivity index is 1.39. The number of nitrogens with one attached hydrogen (secondary N) is 1. The van der Waals surface area contributed by atoms with Crippen LogP contribution in [0.15, 0.2) is 65.6 Å². The second-order valence-electron chi connectivity index (χ2n) is 8.28. The molecule has 170 valence electrons. The van der Waals surface area contributed by atoms with E-state index in [9.17, 15) is 18.3 Å². The topological polar surface area (TPSA) is 95.9 Å². The number of carbonyl (C=O) groups excluding carboxylic acids is 1. The minimum atomic E-state index is -3.77. The maximum absolute atomic E-state index is 12.8. The zero-order valence-corrected chi connectivity index (χ0v) is 18.8. The van der Waals surface area contributed by atoms with Crippen LogP contribution in [-0.4, -0.2) is 55.7 Å². The van der Waals surface area contributed by atoms with Gasteiger partial charge in [0.1, 0.15) is 6.10 Å². The Morgan fingerprint density at radius 1 is 1.12 bits per heavy atom. The SMILES string of the molecule is Cc1ccc(S(=O)(=O)N[C@H]2C=C[C@@H](CC(=O)N3CCc4ccccc4C3)O[C@@H]2CO)cc1. The van der Waals surface area contributed by atoms with Crippen LogP contribution >= 0.6 is 0 Å². The smallest absolute Gasteiger partial charge is 0.241 e. The standard InChI is InChI=1S/C24H28N2O5S/c1-17-6-9-21(10-7-17)32(29,30)25-22-11-8-20(31-23(22)16-27)14-24(28)26-13-12-18-4-2-3-5-19(18)15-26/h2-11,20,22-23,25,27H,12-16H2,1H3/t20-,22-,23+/m0/s1. The Hall–Kier alpha value is -2.52. The van der Waals surface area contributed by atoms with E-state index in [0.717, 1.165) is 17.5 Å². The summed E-state index contributed by atoms with van der Waals surface area (Å²) in [5, 5.41) is 9.79. The lowest BCUT2D eigenvalue weighted by Crippen LogP contribution is -2.49. The molecule has 32 heavy (non-hydrogen) atoms. The first-order chi connectivity index (χ1) is 15.4. The Bertz CT molecular complexity index is 1100. The van der Waals surface area contributed by atoms with Crippen molar-refractivity contribution in [2.75, 3.05) is 13.2 Å². The third-order valence-electron chi connectivity index (χ3n) is 5.94. The molecule has 0 saturated carbocycles. The molecule has 2 aliphatic rings. The molecule has 7 nitrogen and oxygen atoms in total. The number of aryl methyl sites for hydroxylation is 1. The fraction of sp³-hybridized carbons (Fsp3) is 0.375. The number of ether oxygens (including phenoxy) is 1. The molecule has 8 heteroatoms. The summed E-state index contributed by atoms with van der Waals surface area (Å²) in [4.78, 5) is 14.8. The molecule has 0 spiro atoms. The van der Waals surface area contributed by atoms with E-state index in [2.05, 4.69) is 10.8 Å². The van der Waals surface area contributed by atoms with Crippen molar-refractivity contribution in [3.63, 3.8) is 0 Å². The average Bonchev–Trinajstić information content (AvgIpc) is 2.79. The van der Waals surface area contributed by atoms with Gasteiger partial charge in [0.05, 0.1) is 30.1 Å². The highest BCUT2D eigenvalue weighted by Crippen LogP contribution is 2.22. The molecule has 0 unspecified atom stereocenters. The van der Waals surface area contributed by atoms with Gasteiger partial charge in [-0.1, -0.05) is 54.1 Å². The monoisotopic (exact) mass is 456 g/mol. The molecule has 0 aliphatic carbocycles. The van der Waals surface area contributed by atoms with Gasteiger partial charge in [-0.2, -0.15) is 0 Å². The molecular formula is C24H28N2O5S. The summed E-state index contributed by atoms with van der Waals surface area (Å²) in [6.45, 7) is 2.75. The summed E-state index contributed by atoms with van der Waals surface area (Å²) < 4.78 is 33.8. The fourth-order valence-electron chi connectivity index (χ4n) is 4.08. The average molecular weight is 457 g/mol. The number of aliphatic hydroxyl groups is 1. The van der Waals surface area contributed by atoms with Gasteiger partial charge in [-0.15, -0.1) is 0 Å². The number of fused-ring (bicyclic) bond motifs is 1. The van der Waals surface area contributed by atoms with E-state index in [0.29, 0.717) is 13.1 Å². The summed E-state index contributed by atoms with van der Waals surface area (Å²) in [5.41, 5.74) is 3.39. The van der Waals surface area contributed by atoms with Crippen LogP contribution in [-0.2, 0) is 32.5 Å². The van der Waals surface area contributed by atoms with E-state index in [-0.39, 0.29) is 23.8 Å². The van der Waals surface area contributed by atoms with Crippen molar-refractivity contribution >= 4 is 15.9 Å². The maximum atomic E-state index is 12.8. The van der Waals surface area contributed by atoms with Crippen molar-refractivity contribution in [3.05, 3.63) is 77.4 Å². The molecule has 3 atom stereocenters. The van der Waals surface area contributed by atoms with Gasteiger partial charge in [-0.05, 0) is 36.6 Å². The van der Waals surface area contributed by atoms with E-state index in [1.54, 1.807) is 24.3 Å². The van der Waals surface area contributed by atoms with Crippen molar-refractivity contribution in [2.24, 2.45) is 0 Å². The lowest BCUT2D eigenvalue weighted by atomic mass is 9.99. The van der Waals surface area contributed by atoms with Crippen LogP contribution in [0, 0.1) is 6.92 Å². The van der Waals surface area contributed by atoms with Gasteiger partial charge in [0, 0.05) is 13.1 Å². The first kappa shape index (κ1) is 22.7. The summed E-state index contributed by atoms with van der Waals surface area (Å²) >= 11 is 0. The van der Waals surface area contributed by atoms with Crippen LogP contribution in [0.1, 0.15) is 23.1 Å². The minimum Gasteiger partial charge on any atom is -0.394 e. The van der Waals surface area contributed by atoms with Crippen LogP contribution in [0.2, 0.25) is 0 Å². The number of amides is 1. The van der Waals surface area contributed by atoms with Crippen molar-refractivity contribution in [3.8, 4) is 0 Å². The number of sulfonamides is 1. The van der Waals surface area contributed by atoms with Gasteiger partial charge in [0.2, 0.25) is 15.9 Å². The van der Waals surface area contributed by atoms with Gasteiger partial charge >= 0.3 is 0 Å². The first-order valence-electron chi connectivity index (χ1n) is 10.7. The highest BCUT2D eigenvalue weighted by atomic mass is 32.2. The van der Waals surface area contributed by atoms with E-state index >= 15 is 0 Å². The van der Waals surface area contributed by atoms with Crippen molar-refractivity contribution < 1.29 is 23.1 Å². The molecule has 1 amide bonds. The molecule has 0 fully saturated rings. The third kappa shape index (κ3) is 5.10. The quantitative estimate of drug-likeness (QED) is 0.648. The van der Waals surface area contributed by atoms with Crippen molar-refractivity contribution in [1.82, 2.24) is 9.62 Å². The lowest BCUT2D eigenvalue weighted by Gasteiger charge is -2.33. The van der Waals surface area contributed by atoms with E-state index in [1.807, 2.05) is 30.0 Å². The van der Waals surface area contributed by atoms with Crippen LogP contribution in [0.3, 0.4) is 0 Å². The largest absolute Gasteiger partial charge is 0.394 e. The molecule has 0 saturated heterocycles. The fourth-order valence-corrected chi connectivity index (χ4v) is 5.30. The molecule has 0 bridgehead atoms. The molecule has 0 aromatic heterocycles. The molecule has 4 rings (SSSR count). The summed E-state index contributed by atoms with van der Waals surface area (Å²) in [6.07, 6.45) is 3.04. The highest BCUT2D eigenvalue weighted by Gasteiger charge is 2.32. The van der Waals surface area contributed by atoms with Gasteiger partial charge in [0.25, 0.3) is 0 Å². The number of nitrogens with zero attached hydrogens (tertiary/aromatic N) is 1. The first-order valence-corrected chi connectivity index (χ1v) is 12.2. The zero-order valence-electron chi connectivity index (χ0n) is 18.0. The molecular weight excluding hydrogens is 428 g/mol. The van der Waals surface area contributed by atoms with Gasteiger partial charge in [0.15, 0.2) is 0 Å². The molecule has 2 aromatic rings. The maximum Gasteiger partial charge on any atom is 0.241 e. The Morgan fingerprint density at radius 3 is 2.56 bits per heavy atom. The zero-order chi connectivity index (χ0) is 22.7. The van der Waals surface area contributed by atoms with Gasteiger partial charge in [-0.3, -0.25) is 4.79 Å². The number of benzene rings is 2. The van der Waals surface area contributed by atoms with E-state index in [4.69, 9.17) is 4.74 Å². The molecule has 0 radical (unpaired) electrons. The molecule has 2 heterocycles. The number of aliphatic hydroxyl groups excluding tert-OH is 1. The van der Waals surface area contributed by atoms with Gasteiger partial charge in [-0.25, -0.2) is 13.1 Å². The van der Waals surface area contributed by atoms with Crippen molar-refractivity contribution in [1.29, 1.82) is 0 Å². The normalized spacial score (nSPS) is 23.1. The Kier molecular flexibility index (Phi) is 6.76. The summed E-state index contributed by atoms with van der Waals surface area (Å²) in [5.74, 6) is -0.0236. The van der Waals surface area contributed by atoms with Crippen LogP contribution in [0.5, 0.6) is 0 Å². The second kappa shape index (κ2) is 9.54. The second-order valence-corrected chi connectivity index (χ2v) is 9.99. The van der Waals surface area contributed by atoms with E-state index in [1.165, 1.54) is 17.7 Å². The van der Waals surface area contributed by atoms with Crippen molar-refractivity contribution in [2.45, 2.75) is 49.5 Å². The van der Waals surface area contributed by atoms with Gasteiger partial charge < -0.3 is 14.7 Å². The predicted molar refractivity (Wildman–Crippen MR) is 120 cm³/mol. The van der Waals surface area contributed by atoms with Crippen LogP contribution < -0.4 is 4.72 Å². The molecule has 2 aromatic carbocycles. The van der Waals surface area contributed by atoms with Crippen LogP contribution in [0.4, 0.5) is 0 Å². The molecule has 2 N–H and O–H groups in total. The Morgan fingerprint density at radius 2 is 1.84 bits per heavy atom. The number of hydrogen-bond donors (Lipinski definition) is 2. The minimum absolute atomic E-state index is 0.0236. The summed E-state index contributed by atoms with van der Waals surface area (Å²) in [6, 6.07) is 13.9. The number of rotatable bonds is 6. The number of hydrogen-bond acceptors (Lipinski definition) is 5. The predicted octanol–water partition coefficient (Wildman–Crippen LogP) is 1.93. The Labute approximate surface area is 188 Å². The third-order valence-corrected chi connectivity index (χ3v) is 7.42.